The highest BCUT2D eigenvalue weighted by atomic mass is 16.6. The minimum Gasteiger partial charge on any atom is -0.396 e. The van der Waals surface area contributed by atoms with Crippen LogP contribution in [0.2, 0.25) is 0 Å². The molecule has 0 fully saturated rings. The number of hydrogen-bond donors (Lipinski definition) is 3. The van der Waals surface area contributed by atoms with E-state index in [9.17, 15) is 14.9 Å². The number of aliphatic hydroxyl groups excluding tert-OH is 1. The van der Waals surface area contributed by atoms with Crippen LogP contribution in [0.15, 0.2) is 12.1 Å². The maximum atomic E-state index is 11.9. The van der Waals surface area contributed by atoms with E-state index in [0.29, 0.717) is 24.1 Å². The van der Waals surface area contributed by atoms with Gasteiger partial charge in [0.05, 0.1) is 16.2 Å². The topological polar surface area (TPSA) is 105 Å². The fourth-order valence-electron chi connectivity index (χ4n) is 2.07. The molecule has 2 amide bonds. The Labute approximate surface area is 123 Å². The van der Waals surface area contributed by atoms with Crippen LogP contribution in [-0.2, 0) is 0 Å². The van der Waals surface area contributed by atoms with E-state index >= 15 is 0 Å². The number of carbonyl (C=O) groups is 1. The zero-order valence-corrected chi connectivity index (χ0v) is 12.5. The van der Waals surface area contributed by atoms with E-state index in [1.807, 2.05) is 6.92 Å². The van der Waals surface area contributed by atoms with Crippen LogP contribution >= 0.6 is 0 Å². The number of anilines is 1. The van der Waals surface area contributed by atoms with Crippen molar-refractivity contribution >= 4 is 17.4 Å². The van der Waals surface area contributed by atoms with Gasteiger partial charge in [0.25, 0.3) is 5.69 Å². The zero-order chi connectivity index (χ0) is 16.0. The molecular weight excluding hydrogens is 274 g/mol. The molecule has 1 atom stereocenters. The minimum atomic E-state index is -0.471. The third kappa shape index (κ3) is 4.71. The van der Waals surface area contributed by atoms with E-state index in [2.05, 4.69) is 10.6 Å². The first-order valence-corrected chi connectivity index (χ1v) is 6.79. The van der Waals surface area contributed by atoms with Gasteiger partial charge < -0.3 is 15.7 Å². The predicted octanol–water partition coefficient (Wildman–Crippen LogP) is 2.49. The average molecular weight is 295 g/mol. The molecule has 0 aliphatic heterocycles. The molecule has 0 aromatic heterocycles. The van der Waals surface area contributed by atoms with Crippen LogP contribution in [-0.4, -0.2) is 28.7 Å². The first-order chi connectivity index (χ1) is 9.86. The van der Waals surface area contributed by atoms with Crippen LogP contribution in [0, 0.1) is 24.0 Å². The number of carbonyl (C=O) groups excluding carboxylic acids is 1. The van der Waals surface area contributed by atoms with Gasteiger partial charge in [0, 0.05) is 18.7 Å². The fourth-order valence-corrected chi connectivity index (χ4v) is 2.07. The number of nitro groups is 1. The molecule has 0 aliphatic rings. The monoisotopic (exact) mass is 295 g/mol. The smallest absolute Gasteiger partial charge is 0.319 e. The lowest BCUT2D eigenvalue weighted by Gasteiger charge is -2.16. The second-order valence-corrected chi connectivity index (χ2v) is 5.02. The molecule has 1 rings (SSSR count). The first-order valence-electron chi connectivity index (χ1n) is 6.79. The van der Waals surface area contributed by atoms with Crippen LogP contribution in [0.4, 0.5) is 16.2 Å². The fraction of sp³-hybridized carbons (Fsp3) is 0.500. The van der Waals surface area contributed by atoms with Crippen molar-refractivity contribution in [1.82, 2.24) is 5.32 Å². The third-order valence-electron chi connectivity index (χ3n) is 3.25. The lowest BCUT2D eigenvalue weighted by molar-refractivity contribution is -0.385. The van der Waals surface area contributed by atoms with E-state index in [1.165, 1.54) is 6.07 Å². The van der Waals surface area contributed by atoms with E-state index < -0.39 is 11.0 Å². The summed E-state index contributed by atoms with van der Waals surface area (Å²) in [6.45, 7) is 5.30. The Morgan fingerprint density at radius 1 is 1.43 bits per heavy atom. The summed E-state index contributed by atoms with van der Waals surface area (Å²) >= 11 is 0. The largest absolute Gasteiger partial charge is 0.396 e. The summed E-state index contributed by atoms with van der Waals surface area (Å²) in [5, 5.41) is 25.1. The van der Waals surface area contributed by atoms with Gasteiger partial charge in [-0.15, -0.1) is 0 Å². The molecule has 7 nitrogen and oxygen atoms in total. The number of urea groups is 1. The summed E-state index contributed by atoms with van der Waals surface area (Å²) in [6, 6.07) is 2.54. The number of benzene rings is 1. The molecule has 3 N–H and O–H groups in total. The first kappa shape index (κ1) is 16.9. The molecule has 1 unspecified atom stereocenters. The van der Waals surface area contributed by atoms with Crippen molar-refractivity contribution in [1.29, 1.82) is 0 Å². The lowest BCUT2D eigenvalue weighted by Crippen LogP contribution is -2.36. The number of aryl methyl sites for hydroxylation is 1. The molecule has 0 heterocycles. The highest BCUT2D eigenvalue weighted by molar-refractivity contribution is 5.91. The van der Waals surface area contributed by atoms with Crippen molar-refractivity contribution in [3.05, 3.63) is 33.4 Å². The molecule has 0 aliphatic carbocycles. The Kier molecular flexibility index (Phi) is 6.10. The summed E-state index contributed by atoms with van der Waals surface area (Å²) in [5.41, 5.74) is 1.62. The van der Waals surface area contributed by atoms with Gasteiger partial charge in [-0.2, -0.15) is 0 Å². The third-order valence-corrected chi connectivity index (χ3v) is 3.25. The molecule has 1 aromatic carbocycles. The van der Waals surface area contributed by atoms with Crippen molar-refractivity contribution < 1.29 is 14.8 Å². The van der Waals surface area contributed by atoms with E-state index in [0.717, 1.165) is 5.56 Å². The van der Waals surface area contributed by atoms with E-state index in [-0.39, 0.29) is 18.3 Å². The highest BCUT2D eigenvalue weighted by Gasteiger charge is 2.17. The van der Waals surface area contributed by atoms with Gasteiger partial charge in [-0.3, -0.25) is 10.1 Å². The molecule has 0 radical (unpaired) electrons. The van der Waals surface area contributed by atoms with Crippen molar-refractivity contribution in [2.75, 3.05) is 11.9 Å². The van der Waals surface area contributed by atoms with Crippen molar-refractivity contribution in [2.24, 2.45) is 0 Å². The Morgan fingerprint density at radius 2 is 2.10 bits per heavy atom. The zero-order valence-electron chi connectivity index (χ0n) is 12.5. The lowest BCUT2D eigenvalue weighted by atomic mass is 10.1. The summed E-state index contributed by atoms with van der Waals surface area (Å²) in [6.07, 6.45) is 1.27. The summed E-state index contributed by atoms with van der Waals surface area (Å²) < 4.78 is 0. The SMILES string of the molecule is Cc1ccc([N+](=O)[O-])c(C)c1NC(=O)NC(C)CCCO. The van der Waals surface area contributed by atoms with Gasteiger partial charge in [0.2, 0.25) is 0 Å². The number of aliphatic hydroxyl groups is 1. The quantitative estimate of drug-likeness (QED) is 0.554. The molecule has 7 heteroatoms. The maximum Gasteiger partial charge on any atom is 0.319 e. The van der Waals surface area contributed by atoms with Crippen LogP contribution in [0.1, 0.15) is 30.9 Å². The molecule has 0 bridgehead atoms. The van der Waals surface area contributed by atoms with Gasteiger partial charge in [-0.05, 0) is 39.2 Å². The average Bonchev–Trinajstić information content (AvgIpc) is 2.40. The van der Waals surface area contributed by atoms with Gasteiger partial charge >= 0.3 is 6.03 Å². The van der Waals surface area contributed by atoms with Crippen LogP contribution in [0.25, 0.3) is 0 Å². The predicted molar refractivity (Wildman–Crippen MR) is 80.5 cm³/mol. The Hall–Kier alpha value is -2.15. The Balaban J connectivity index is 2.80. The summed E-state index contributed by atoms with van der Waals surface area (Å²) in [4.78, 5) is 22.4. The number of hydrogen-bond acceptors (Lipinski definition) is 4. The second kappa shape index (κ2) is 7.58. The number of nitrogens with one attached hydrogen (secondary N) is 2. The van der Waals surface area contributed by atoms with E-state index in [4.69, 9.17) is 5.11 Å². The molecule has 116 valence electrons. The van der Waals surface area contributed by atoms with Crippen LogP contribution in [0.3, 0.4) is 0 Å². The molecule has 1 aromatic rings. The normalized spacial score (nSPS) is 11.8. The molecular formula is C14H21N3O4. The minimum absolute atomic E-state index is 0.0239. The molecule has 21 heavy (non-hydrogen) atoms. The van der Waals surface area contributed by atoms with Crippen molar-refractivity contribution in [2.45, 2.75) is 39.7 Å². The van der Waals surface area contributed by atoms with Gasteiger partial charge in [-0.25, -0.2) is 4.79 Å². The summed E-state index contributed by atoms with van der Waals surface area (Å²) in [5.74, 6) is 0. The van der Waals surface area contributed by atoms with Gasteiger partial charge in [-0.1, -0.05) is 6.07 Å². The molecule has 0 saturated heterocycles. The van der Waals surface area contributed by atoms with Crippen molar-refractivity contribution in [3.63, 3.8) is 0 Å². The Morgan fingerprint density at radius 3 is 2.67 bits per heavy atom. The van der Waals surface area contributed by atoms with Gasteiger partial charge in [0.1, 0.15) is 0 Å². The maximum absolute atomic E-state index is 11.9. The number of amides is 2. The number of nitrogens with zero attached hydrogens (tertiary/aromatic N) is 1. The highest BCUT2D eigenvalue weighted by Crippen LogP contribution is 2.28. The number of nitro benzene ring substituents is 1. The molecule has 0 spiro atoms. The van der Waals surface area contributed by atoms with Crippen molar-refractivity contribution in [3.8, 4) is 0 Å². The molecule has 0 saturated carbocycles. The number of rotatable bonds is 6. The van der Waals surface area contributed by atoms with Crippen LogP contribution < -0.4 is 10.6 Å². The Bertz CT molecular complexity index is 531. The van der Waals surface area contributed by atoms with E-state index in [1.54, 1.807) is 19.9 Å². The second-order valence-electron chi connectivity index (χ2n) is 5.02. The standard InChI is InChI=1S/C14H21N3O4/c1-9-6-7-12(17(20)21)11(3)13(9)16-14(19)15-10(2)5-4-8-18/h6-7,10,18H,4-5,8H2,1-3H3,(H2,15,16,19). The summed E-state index contributed by atoms with van der Waals surface area (Å²) in [7, 11) is 0. The van der Waals surface area contributed by atoms with Gasteiger partial charge in [0.15, 0.2) is 0 Å². The van der Waals surface area contributed by atoms with Crippen LogP contribution in [0.5, 0.6) is 0 Å².